The number of ether oxygens (including phenoxy) is 1. The van der Waals surface area contributed by atoms with Crippen LogP contribution in [0.15, 0.2) is 66.7 Å². The predicted molar refractivity (Wildman–Crippen MR) is 141 cm³/mol. The summed E-state index contributed by atoms with van der Waals surface area (Å²) in [6.45, 7) is 7.00. The van der Waals surface area contributed by atoms with Crippen LogP contribution >= 0.6 is 0 Å². The Morgan fingerprint density at radius 3 is 2.22 bits per heavy atom. The smallest absolute Gasteiger partial charge is 0.412 e. The first-order valence-electron chi connectivity index (χ1n) is 11.9. The van der Waals surface area contributed by atoms with Gasteiger partial charge in [-0.25, -0.2) is 9.18 Å². The van der Waals surface area contributed by atoms with Crippen LogP contribution in [-0.2, 0) is 4.74 Å². The second kappa shape index (κ2) is 10.4. The monoisotopic (exact) mass is 490 g/mol. The summed E-state index contributed by atoms with van der Waals surface area (Å²) in [4.78, 5) is 27.7. The number of nitrogens with one attached hydrogen (secondary N) is 2. The van der Waals surface area contributed by atoms with Crippen LogP contribution in [0.5, 0.6) is 0 Å². The van der Waals surface area contributed by atoms with Crippen LogP contribution in [0.3, 0.4) is 0 Å². The lowest BCUT2D eigenvalue weighted by Gasteiger charge is -2.21. The number of carbonyl (C=O) groups is 2. The predicted octanol–water partition coefficient (Wildman–Crippen LogP) is 5.63. The maximum Gasteiger partial charge on any atom is 0.412 e. The molecule has 7 nitrogen and oxygen atoms in total. The van der Waals surface area contributed by atoms with Gasteiger partial charge in [0.1, 0.15) is 11.4 Å². The van der Waals surface area contributed by atoms with E-state index in [4.69, 9.17) is 10.5 Å². The van der Waals surface area contributed by atoms with Gasteiger partial charge in [0.05, 0.1) is 11.4 Å². The molecule has 1 saturated heterocycles. The van der Waals surface area contributed by atoms with E-state index in [9.17, 15) is 14.0 Å². The van der Waals surface area contributed by atoms with Gasteiger partial charge in [0.2, 0.25) is 0 Å². The number of rotatable bonds is 5. The van der Waals surface area contributed by atoms with E-state index >= 15 is 0 Å². The van der Waals surface area contributed by atoms with Crippen molar-refractivity contribution in [3.8, 4) is 11.1 Å². The Bertz CT molecular complexity index is 1240. The highest BCUT2D eigenvalue weighted by Gasteiger charge is 2.21. The van der Waals surface area contributed by atoms with E-state index in [0.29, 0.717) is 16.9 Å². The number of nitrogens with zero attached hydrogens (tertiary/aromatic N) is 1. The molecule has 0 aromatic heterocycles. The molecule has 3 aromatic carbocycles. The maximum absolute atomic E-state index is 13.4. The summed E-state index contributed by atoms with van der Waals surface area (Å²) in [5, 5.41) is 5.60. The quantitative estimate of drug-likeness (QED) is 0.431. The van der Waals surface area contributed by atoms with Crippen molar-refractivity contribution in [2.75, 3.05) is 28.6 Å². The summed E-state index contributed by atoms with van der Waals surface area (Å²) in [6, 6.07) is 18.7. The molecule has 1 heterocycles. The number of nitrogens with two attached hydrogens (primary N) is 1. The van der Waals surface area contributed by atoms with Crippen molar-refractivity contribution in [1.29, 1.82) is 0 Å². The van der Waals surface area contributed by atoms with Crippen molar-refractivity contribution in [2.45, 2.75) is 38.8 Å². The standard InChI is InChI=1S/C28H31FN4O3/c1-28(2,3)36-27(35)32-24-13-8-20(18-4-9-21(29)10-5-18)16-25(24)31-26(34)19-6-11-23(12-7-19)33-15-14-22(30)17-33/h4-13,16,22H,14-15,17,30H2,1-3H3,(H,31,34)(H,32,35). The second-order valence-electron chi connectivity index (χ2n) is 9.89. The van der Waals surface area contributed by atoms with Crippen LogP contribution in [-0.4, -0.2) is 36.7 Å². The number of amides is 2. The molecule has 1 atom stereocenters. The van der Waals surface area contributed by atoms with E-state index in [-0.39, 0.29) is 17.8 Å². The molecule has 1 fully saturated rings. The van der Waals surface area contributed by atoms with Gasteiger partial charge in [0.15, 0.2) is 0 Å². The molecule has 0 saturated carbocycles. The fraction of sp³-hybridized carbons (Fsp3) is 0.286. The van der Waals surface area contributed by atoms with Gasteiger partial charge in [-0.2, -0.15) is 0 Å². The first-order valence-corrected chi connectivity index (χ1v) is 11.9. The topological polar surface area (TPSA) is 96.7 Å². The highest BCUT2D eigenvalue weighted by molar-refractivity contribution is 6.07. The van der Waals surface area contributed by atoms with Crippen LogP contribution in [0.25, 0.3) is 11.1 Å². The zero-order valence-electron chi connectivity index (χ0n) is 20.7. The molecule has 0 radical (unpaired) electrons. The van der Waals surface area contributed by atoms with E-state index < -0.39 is 11.7 Å². The molecule has 4 rings (SSSR count). The van der Waals surface area contributed by atoms with Crippen LogP contribution in [0.4, 0.5) is 26.2 Å². The van der Waals surface area contributed by atoms with Crippen molar-refractivity contribution in [1.82, 2.24) is 0 Å². The van der Waals surface area contributed by atoms with Crippen molar-refractivity contribution >= 4 is 29.1 Å². The van der Waals surface area contributed by atoms with Gasteiger partial charge in [-0.3, -0.25) is 10.1 Å². The Hall–Kier alpha value is -3.91. The summed E-state index contributed by atoms with van der Waals surface area (Å²) in [5.41, 5.74) is 9.11. The summed E-state index contributed by atoms with van der Waals surface area (Å²) in [7, 11) is 0. The molecule has 1 aliphatic rings. The van der Waals surface area contributed by atoms with Crippen molar-refractivity contribution < 1.29 is 18.7 Å². The Kier molecular flexibility index (Phi) is 7.26. The average molecular weight is 491 g/mol. The van der Waals surface area contributed by atoms with E-state index in [0.717, 1.165) is 36.3 Å². The number of hydrogen-bond acceptors (Lipinski definition) is 5. The van der Waals surface area contributed by atoms with Crippen LogP contribution < -0.4 is 21.3 Å². The highest BCUT2D eigenvalue weighted by Crippen LogP contribution is 2.30. The molecular formula is C28H31FN4O3. The van der Waals surface area contributed by atoms with Gasteiger partial charge in [0.25, 0.3) is 5.91 Å². The maximum atomic E-state index is 13.4. The molecular weight excluding hydrogens is 459 g/mol. The van der Waals surface area contributed by atoms with Crippen molar-refractivity contribution in [3.05, 3.63) is 78.1 Å². The molecule has 36 heavy (non-hydrogen) atoms. The lowest BCUT2D eigenvalue weighted by molar-refractivity contribution is 0.0635. The molecule has 0 spiro atoms. The van der Waals surface area contributed by atoms with Crippen molar-refractivity contribution in [3.63, 3.8) is 0 Å². The third-order valence-corrected chi connectivity index (χ3v) is 5.80. The third-order valence-electron chi connectivity index (χ3n) is 5.80. The lowest BCUT2D eigenvalue weighted by atomic mass is 10.0. The minimum atomic E-state index is -0.678. The van der Waals surface area contributed by atoms with E-state index in [2.05, 4.69) is 15.5 Å². The zero-order chi connectivity index (χ0) is 25.9. The Labute approximate surface area is 210 Å². The molecule has 188 valence electrons. The van der Waals surface area contributed by atoms with E-state index in [1.54, 1.807) is 63.2 Å². The molecule has 3 aromatic rings. The van der Waals surface area contributed by atoms with E-state index in [1.165, 1.54) is 12.1 Å². The molecule has 2 amide bonds. The van der Waals surface area contributed by atoms with Crippen LogP contribution in [0.1, 0.15) is 37.6 Å². The van der Waals surface area contributed by atoms with Crippen molar-refractivity contribution in [2.24, 2.45) is 5.73 Å². The third kappa shape index (κ3) is 6.40. The summed E-state index contributed by atoms with van der Waals surface area (Å²) < 4.78 is 18.8. The number of benzene rings is 3. The van der Waals surface area contributed by atoms with Gasteiger partial charge in [-0.1, -0.05) is 18.2 Å². The molecule has 4 N–H and O–H groups in total. The fourth-order valence-corrected chi connectivity index (χ4v) is 4.03. The van der Waals surface area contributed by atoms with Gasteiger partial charge in [-0.05, 0) is 86.8 Å². The fourth-order valence-electron chi connectivity index (χ4n) is 4.03. The zero-order valence-corrected chi connectivity index (χ0v) is 20.7. The molecule has 1 unspecified atom stereocenters. The Morgan fingerprint density at radius 2 is 1.61 bits per heavy atom. The average Bonchev–Trinajstić information content (AvgIpc) is 3.26. The number of hydrogen-bond donors (Lipinski definition) is 3. The number of halogens is 1. The van der Waals surface area contributed by atoms with Crippen LogP contribution in [0.2, 0.25) is 0 Å². The molecule has 1 aliphatic heterocycles. The minimum Gasteiger partial charge on any atom is -0.444 e. The highest BCUT2D eigenvalue weighted by atomic mass is 19.1. The van der Waals surface area contributed by atoms with Gasteiger partial charge < -0.3 is 20.7 Å². The molecule has 0 bridgehead atoms. The normalized spacial score (nSPS) is 15.5. The molecule has 8 heteroatoms. The lowest BCUT2D eigenvalue weighted by Crippen LogP contribution is -2.27. The Balaban J connectivity index is 1.58. The summed E-state index contributed by atoms with van der Waals surface area (Å²) in [6.07, 6.45) is 0.306. The van der Waals surface area contributed by atoms with Gasteiger partial charge >= 0.3 is 6.09 Å². The SMILES string of the molecule is CC(C)(C)OC(=O)Nc1ccc(-c2ccc(F)cc2)cc1NC(=O)c1ccc(N2CCC(N)C2)cc1. The first-order chi connectivity index (χ1) is 17.1. The number of carbonyl (C=O) groups excluding carboxylic acids is 2. The minimum absolute atomic E-state index is 0.164. The summed E-state index contributed by atoms with van der Waals surface area (Å²) in [5.74, 6) is -0.669. The van der Waals surface area contributed by atoms with E-state index in [1.807, 2.05) is 12.1 Å². The largest absolute Gasteiger partial charge is 0.444 e. The van der Waals surface area contributed by atoms with Gasteiger partial charge in [0, 0.05) is 30.4 Å². The number of anilines is 3. The second-order valence-corrected chi connectivity index (χ2v) is 9.89. The van der Waals surface area contributed by atoms with Gasteiger partial charge in [-0.15, -0.1) is 0 Å². The van der Waals surface area contributed by atoms with Crippen LogP contribution in [0, 0.1) is 5.82 Å². The summed E-state index contributed by atoms with van der Waals surface area (Å²) >= 11 is 0. The first kappa shape index (κ1) is 25.2. The Morgan fingerprint density at radius 1 is 0.944 bits per heavy atom. The molecule has 0 aliphatic carbocycles.